The molecule has 3 aromatic rings. The fourth-order valence-corrected chi connectivity index (χ4v) is 5.93. The number of nitrogens with one attached hydrogen (secondary N) is 2. The normalized spacial score (nSPS) is 17.6. The van der Waals surface area contributed by atoms with E-state index in [1.807, 2.05) is 82.3 Å². The second-order valence-electron chi connectivity index (χ2n) is 10.9. The van der Waals surface area contributed by atoms with E-state index in [0.29, 0.717) is 24.4 Å². The number of nitrogens with zero attached hydrogens (tertiary/aromatic N) is 2. The smallest absolute Gasteiger partial charge is 0.408 e. The Labute approximate surface area is 238 Å². The summed E-state index contributed by atoms with van der Waals surface area (Å²) in [6, 6.07) is 14.8. The van der Waals surface area contributed by atoms with Crippen LogP contribution in [0, 0.1) is 11.8 Å². The van der Waals surface area contributed by atoms with Crippen molar-refractivity contribution in [3.05, 3.63) is 65.2 Å². The molecule has 1 saturated heterocycles. The molecule has 0 bridgehead atoms. The maximum absolute atomic E-state index is 13.6. The summed E-state index contributed by atoms with van der Waals surface area (Å²) in [7, 11) is 0. The molecule has 214 valence electrons. The Bertz CT molecular complexity index is 1280. The van der Waals surface area contributed by atoms with Crippen LogP contribution in [0.4, 0.5) is 4.79 Å². The number of likely N-dealkylation sites (tertiary alicyclic amines) is 1. The molecule has 0 spiro atoms. The summed E-state index contributed by atoms with van der Waals surface area (Å²) in [4.78, 5) is 45.8. The molecule has 10 heteroatoms. The Morgan fingerprint density at radius 1 is 1.02 bits per heavy atom. The van der Waals surface area contributed by atoms with Gasteiger partial charge in [-0.2, -0.15) is 0 Å². The van der Waals surface area contributed by atoms with Gasteiger partial charge in [-0.1, -0.05) is 70.2 Å². The van der Waals surface area contributed by atoms with Crippen LogP contribution in [0.2, 0.25) is 0 Å². The number of benzene rings is 2. The average molecular weight is 567 g/mol. The second-order valence-corrected chi connectivity index (χ2v) is 11.9. The lowest BCUT2D eigenvalue weighted by Gasteiger charge is -2.32. The zero-order valence-electron chi connectivity index (χ0n) is 23.4. The van der Waals surface area contributed by atoms with Crippen molar-refractivity contribution < 1.29 is 24.2 Å². The molecule has 1 aliphatic rings. The Morgan fingerprint density at radius 3 is 2.40 bits per heavy atom. The lowest BCUT2D eigenvalue weighted by atomic mass is 9.97. The van der Waals surface area contributed by atoms with Gasteiger partial charge >= 0.3 is 6.09 Å². The minimum Gasteiger partial charge on any atom is -0.445 e. The van der Waals surface area contributed by atoms with Gasteiger partial charge in [-0.05, 0) is 42.4 Å². The molecule has 1 fully saturated rings. The summed E-state index contributed by atoms with van der Waals surface area (Å²) in [5, 5.41) is 17.5. The van der Waals surface area contributed by atoms with Gasteiger partial charge in [0.1, 0.15) is 29.8 Å². The lowest BCUT2D eigenvalue weighted by Crippen LogP contribution is -2.56. The van der Waals surface area contributed by atoms with Gasteiger partial charge in [-0.15, -0.1) is 11.3 Å². The number of rotatable bonds is 10. The SMILES string of the molecule is CC(C)[C@H](NC(=O)[C@@H]1CCCN1C(=O)[C@@H](NC(=O)OCc1ccccc1)C(C)C)C(O)c1nc2ccccc2s1. The highest BCUT2D eigenvalue weighted by molar-refractivity contribution is 7.18. The van der Waals surface area contributed by atoms with Crippen LogP contribution < -0.4 is 10.6 Å². The van der Waals surface area contributed by atoms with Crippen molar-refractivity contribution in [3.63, 3.8) is 0 Å². The van der Waals surface area contributed by atoms with E-state index in [1.165, 1.54) is 11.3 Å². The number of alkyl carbamates (subject to hydrolysis) is 1. The summed E-state index contributed by atoms with van der Waals surface area (Å²) in [6.07, 6.45) is -0.505. The minimum absolute atomic E-state index is 0.0824. The number of thiazole rings is 1. The molecule has 3 amide bonds. The van der Waals surface area contributed by atoms with E-state index in [9.17, 15) is 19.5 Å². The predicted octanol–water partition coefficient (Wildman–Crippen LogP) is 4.41. The van der Waals surface area contributed by atoms with Gasteiger partial charge in [0.2, 0.25) is 11.8 Å². The van der Waals surface area contributed by atoms with Crippen molar-refractivity contribution in [1.29, 1.82) is 0 Å². The van der Waals surface area contributed by atoms with Crippen molar-refractivity contribution >= 4 is 39.5 Å². The first-order valence-corrected chi connectivity index (χ1v) is 14.6. The molecule has 2 aromatic carbocycles. The molecule has 2 heterocycles. The average Bonchev–Trinajstić information content (AvgIpc) is 3.61. The largest absolute Gasteiger partial charge is 0.445 e. The number of hydrogen-bond acceptors (Lipinski definition) is 7. The summed E-state index contributed by atoms with van der Waals surface area (Å²) in [6.45, 7) is 8.04. The van der Waals surface area contributed by atoms with Gasteiger partial charge in [0.05, 0.1) is 16.3 Å². The number of amides is 3. The topological polar surface area (TPSA) is 121 Å². The van der Waals surface area contributed by atoms with Gasteiger partial charge in [-0.3, -0.25) is 9.59 Å². The van der Waals surface area contributed by atoms with Gasteiger partial charge in [0, 0.05) is 6.54 Å². The molecule has 1 unspecified atom stereocenters. The van der Waals surface area contributed by atoms with Crippen LogP contribution in [-0.2, 0) is 20.9 Å². The van der Waals surface area contributed by atoms with E-state index in [2.05, 4.69) is 15.6 Å². The molecule has 0 radical (unpaired) electrons. The maximum atomic E-state index is 13.6. The molecule has 1 aliphatic heterocycles. The molecule has 3 N–H and O–H groups in total. The van der Waals surface area contributed by atoms with E-state index in [0.717, 1.165) is 15.8 Å². The summed E-state index contributed by atoms with van der Waals surface area (Å²) in [5.41, 5.74) is 1.64. The third-order valence-electron chi connectivity index (χ3n) is 7.19. The molecule has 0 aliphatic carbocycles. The van der Waals surface area contributed by atoms with Crippen LogP contribution in [0.1, 0.15) is 57.2 Å². The van der Waals surface area contributed by atoms with Crippen molar-refractivity contribution in [1.82, 2.24) is 20.5 Å². The predicted molar refractivity (Wildman–Crippen MR) is 154 cm³/mol. The van der Waals surface area contributed by atoms with Crippen molar-refractivity contribution in [2.24, 2.45) is 11.8 Å². The highest BCUT2D eigenvalue weighted by Gasteiger charge is 2.40. The van der Waals surface area contributed by atoms with Crippen LogP contribution in [0.15, 0.2) is 54.6 Å². The van der Waals surface area contributed by atoms with Crippen LogP contribution in [0.25, 0.3) is 10.2 Å². The fourth-order valence-electron chi connectivity index (χ4n) is 4.93. The number of hydrogen-bond donors (Lipinski definition) is 3. The number of fused-ring (bicyclic) bond motifs is 1. The number of carbonyl (C=O) groups excluding carboxylic acids is 3. The molecular formula is C30H38N4O5S. The molecular weight excluding hydrogens is 528 g/mol. The second kappa shape index (κ2) is 13.2. The monoisotopic (exact) mass is 566 g/mol. The van der Waals surface area contributed by atoms with Crippen LogP contribution >= 0.6 is 11.3 Å². The number of ether oxygens (including phenoxy) is 1. The zero-order chi connectivity index (χ0) is 28.8. The van der Waals surface area contributed by atoms with Crippen LogP contribution in [0.5, 0.6) is 0 Å². The zero-order valence-corrected chi connectivity index (χ0v) is 24.2. The Hall–Kier alpha value is -3.50. The highest BCUT2D eigenvalue weighted by atomic mass is 32.1. The number of aliphatic hydroxyl groups excluding tert-OH is 1. The molecule has 40 heavy (non-hydrogen) atoms. The summed E-state index contributed by atoms with van der Waals surface area (Å²) in [5.74, 6) is -0.942. The number of carbonyl (C=O) groups is 3. The first-order chi connectivity index (χ1) is 19.2. The van der Waals surface area contributed by atoms with E-state index in [-0.39, 0.29) is 30.3 Å². The fraction of sp³-hybridized carbons (Fsp3) is 0.467. The van der Waals surface area contributed by atoms with E-state index >= 15 is 0 Å². The number of para-hydroxylation sites is 1. The summed E-state index contributed by atoms with van der Waals surface area (Å²) < 4.78 is 6.30. The third-order valence-corrected chi connectivity index (χ3v) is 8.30. The van der Waals surface area contributed by atoms with E-state index in [1.54, 1.807) is 4.90 Å². The Morgan fingerprint density at radius 2 is 1.73 bits per heavy atom. The van der Waals surface area contributed by atoms with Crippen LogP contribution in [-0.4, -0.2) is 57.6 Å². The van der Waals surface area contributed by atoms with Gasteiger partial charge in [0.25, 0.3) is 0 Å². The van der Waals surface area contributed by atoms with Gasteiger partial charge < -0.3 is 25.4 Å². The minimum atomic E-state index is -0.989. The first kappa shape index (κ1) is 29.5. The first-order valence-electron chi connectivity index (χ1n) is 13.8. The standard InChI is InChI=1S/C30H38N4O5S/c1-18(2)24(26(35)28-31-21-13-8-9-15-23(21)40-28)32-27(36)22-14-10-16-34(22)29(37)25(19(3)4)33-30(38)39-17-20-11-6-5-7-12-20/h5-9,11-13,15,18-19,22,24-26,35H,10,14,16-17H2,1-4H3,(H,32,36)(H,33,38)/t22-,24-,25-,26?/m0/s1. The number of aromatic nitrogens is 1. The van der Waals surface area contributed by atoms with Gasteiger partial charge in [0.15, 0.2) is 0 Å². The molecule has 9 nitrogen and oxygen atoms in total. The Kier molecular flexibility index (Phi) is 9.76. The lowest BCUT2D eigenvalue weighted by molar-refractivity contribution is -0.141. The van der Waals surface area contributed by atoms with Crippen molar-refractivity contribution in [3.8, 4) is 0 Å². The summed E-state index contributed by atoms with van der Waals surface area (Å²) >= 11 is 1.40. The molecule has 0 saturated carbocycles. The highest BCUT2D eigenvalue weighted by Crippen LogP contribution is 2.30. The van der Waals surface area contributed by atoms with Crippen molar-refractivity contribution in [2.75, 3.05) is 6.54 Å². The van der Waals surface area contributed by atoms with E-state index < -0.39 is 30.3 Å². The van der Waals surface area contributed by atoms with Gasteiger partial charge in [-0.25, -0.2) is 9.78 Å². The van der Waals surface area contributed by atoms with Crippen molar-refractivity contribution in [2.45, 2.75) is 71.4 Å². The third kappa shape index (κ3) is 6.98. The Balaban J connectivity index is 1.41. The molecule has 1 aromatic heterocycles. The quantitative estimate of drug-likeness (QED) is 0.334. The number of aliphatic hydroxyl groups is 1. The van der Waals surface area contributed by atoms with E-state index in [4.69, 9.17) is 4.74 Å². The molecule has 4 atom stereocenters. The maximum Gasteiger partial charge on any atom is 0.408 e. The van der Waals surface area contributed by atoms with Crippen LogP contribution in [0.3, 0.4) is 0 Å². The molecule has 4 rings (SSSR count).